The molecule has 3 rings (SSSR count). The molecule has 3 heterocycles. The van der Waals surface area contributed by atoms with Crippen LogP contribution in [0.1, 0.15) is 6.23 Å². The number of nitrogens with one attached hydrogen (secondary N) is 1. The van der Waals surface area contributed by atoms with Gasteiger partial charge in [0.15, 0.2) is 17.4 Å². The second-order valence-corrected chi connectivity index (χ2v) is 4.30. The second kappa shape index (κ2) is 4.37. The first-order chi connectivity index (χ1) is 9.50. The Bertz CT molecular complexity index is 724. The largest absolute Gasteiger partial charge is 0.547 e. The number of ether oxygens (including phenoxy) is 1. The van der Waals surface area contributed by atoms with Gasteiger partial charge < -0.3 is 29.8 Å². The third-order valence-electron chi connectivity index (χ3n) is 3.11. The summed E-state index contributed by atoms with van der Waals surface area (Å²) < 4.78 is 6.23. The number of aromatic nitrogens is 4. The molecule has 4 atom stereocenters. The minimum Gasteiger partial charge on any atom is -0.547 e. The number of fused-ring (bicyclic) bond motifs is 1. The van der Waals surface area contributed by atoms with Crippen LogP contribution < -0.4 is 10.7 Å². The third kappa shape index (κ3) is 1.70. The standard InChI is InChI=1S/C10H10N4O6/c15-4-5(16)9(20-6(4)10(18)19)14-2-13-3-7(14)11-1-12-8(3)17/h1-2,4-6,9,15-16H,(H,18,19)(H,11,12,17)/p-1/t4-,5+,6-,9+/m0/s1. The number of rotatable bonds is 2. The van der Waals surface area contributed by atoms with E-state index < -0.39 is 36.1 Å². The number of carbonyl (C=O) groups excluding carboxylic acids is 1. The summed E-state index contributed by atoms with van der Waals surface area (Å²) in [5, 5.41) is 30.2. The van der Waals surface area contributed by atoms with Gasteiger partial charge in [-0.05, 0) is 0 Å². The van der Waals surface area contributed by atoms with Crippen LogP contribution in [0.3, 0.4) is 0 Å². The molecule has 0 radical (unpaired) electrons. The molecule has 106 valence electrons. The lowest BCUT2D eigenvalue weighted by molar-refractivity contribution is -0.318. The van der Waals surface area contributed by atoms with E-state index in [2.05, 4.69) is 15.0 Å². The number of aromatic amines is 1. The molecule has 0 saturated carbocycles. The van der Waals surface area contributed by atoms with Gasteiger partial charge in [0.25, 0.3) is 5.56 Å². The Hall–Kier alpha value is -2.30. The number of imidazole rings is 1. The van der Waals surface area contributed by atoms with Crippen molar-refractivity contribution < 1.29 is 24.9 Å². The van der Waals surface area contributed by atoms with Crippen molar-refractivity contribution in [3.05, 3.63) is 23.0 Å². The van der Waals surface area contributed by atoms with Crippen molar-refractivity contribution in [1.82, 2.24) is 19.5 Å². The summed E-state index contributed by atoms with van der Waals surface area (Å²) in [7, 11) is 0. The molecule has 2 aromatic heterocycles. The van der Waals surface area contributed by atoms with Gasteiger partial charge in [-0.2, -0.15) is 0 Å². The summed E-state index contributed by atoms with van der Waals surface area (Å²) in [4.78, 5) is 32.3. The molecular weight excluding hydrogens is 272 g/mol. The van der Waals surface area contributed by atoms with E-state index in [9.17, 15) is 24.9 Å². The monoisotopic (exact) mass is 281 g/mol. The van der Waals surface area contributed by atoms with Gasteiger partial charge in [0.05, 0.1) is 18.6 Å². The van der Waals surface area contributed by atoms with Gasteiger partial charge in [-0.25, -0.2) is 9.97 Å². The van der Waals surface area contributed by atoms with Gasteiger partial charge in [-0.15, -0.1) is 0 Å². The fraction of sp³-hybridized carbons (Fsp3) is 0.400. The average molecular weight is 281 g/mol. The maximum Gasteiger partial charge on any atom is 0.278 e. The van der Waals surface area contributed by atoms with Crippen LogP contribution in [-0.2, 0) is 9.53 Å². The summed E-state index contributed by atoms with van der Waals surface area (Å²) in [6.45, 7) is 0. The van der Waals surface area contributed by atoms with E-state index >= 15 is 0 Å². The zero-order chi connectivity index (χ0) is 14.4. The third-order valence-corrected chi connectivity index (χ3v) is 3.11. The molecule has 10 nitrogen and oxygen atoms in total. The summed E-state index contributed by atoms with van der Waals surface area (Å²) >= 11 is 0. The van der Waals surface area contributed by atoms with Gasteiger partial charge >= 0.3 is 0 Å². The van der Waals surface area contributed by atoms with Gasteiger partial charge in [-0.1, -0.05) is 0 Å². The average Bonchev–Trinajstić information content (AvgIpc) is 2.94. The summed E-state index contributed by atoms with van der Waals surface area (Å²) in [6.07, 6.45) is -3.76. The Morgan fingerprint density at radius 2 is 2.15 bits per heavy atom. The van der Waals surface area contributed by atoms with Crippen LogP contribution in [-0.4, -0.2) is 54.0 Å². The summed E-state index contributed by atoms with van der Waals surface area (Å²) in [5.74, 6) is -1.64. The first-order valence-electron chi connectivity index (χ1n) is 5.63. The van der Waals surface area contributed by atoms with E-state index in [1.807, 2.05) is 0 Å². The molecular formula is C10H9N4O6-. The molecule has 3 N–H and O–H groups in total. The van der Waals surface area contributed by atoms with Crippen LogP contribution in [0.25, 0.3) is 11.2 Å². The highest BCUT2D eigenvalue weighted by Crippen LogP contribution is 2.30. The van der Waals surface area contributed by atoms with Crippen LogP contribution >= 0.6 is 0 Å². The van der Waals surface area contributed by atoms with E-state index in [0.29, 0.717) is 0 Å². The van der Waals surface area contributed by atoms with Crippen LogP contribution in [0.5, 0.6) is 0 Å². The molecule has 1 saturated heterocycles. The number of carboxylic acids is 1. The number of hydrogen-bond acceptors (Lipinski definition) is 8. The van der Waals surface area contributed by atoms with Crippen molar-refractivity contribution in [3.63, 3.8) is 0 Å². The van der Waals surface area contributed by atoms with Crippen LogP contribution in [0.15, 0.2) is 17.4 Å². The van der Waals surface area contributed by atoms with Gasteiger partial charge in [0, 0.05) is 0 Å². The van der Waals surface area contributed by atoms with Crippen LogP contribution in [0.2, 0.25) is 0 Å². The maximum absolute atomic E-state index is 11.5. The molecule has 1 aliphatic rings. The normalized spacial score (nSPS) is 29.9. The Morgan fingerprint density at radius 1 is 1.40 bits per heavy atom. The molecule has 1 aliphatic heterocycles. The molecule has 0 aromatic carbocycles. The van der Waals surface area contributed by atoms with Gasteiger partial charge in [0.2, 0.25) is 0 Å². The molecule has 0 aliphatic carbocycles. The van der Waals surface area contributed by atoms with Crippen molar-refractivity contribution in [2.75, 3.05) is 0 Å². The molecule has 0 amide bonds. The van der Waals surface area contributed by atoms with E-state index in [4.69, 9.17) is 4.74 Å². The van der Waals surface area contributed by atoms with Crippen molar-refractivity contribution in [2.24, 2.45) is 0 Å². The number of aliphatic hydroxyl groups excluding tert-OH is 2. The molecule has 0 unspecified atom stereocenters. The Labute approximate surface area is 110 Å². The number of H-pyrrole nitrogens is 1. The molecule has 0 bridgehead atoms. The molecule has 2 aromatic rings. The number of aliphatic carboxylic acids is 1. The predicted molar refractivity (Wildman–Crippen MR) is 59.1 cm³/mol. The maximum atomic E-state index is 11.5. The SMILES string of the molecule is O=C([O-])[C@H]1O[C@@H](n2cnc3c(=O)[nH]cnc32)[C@H](O)[C@@H]1O. The van der Waals surface area contributed by atoms with E-state index in [1.165, 1.54) is 10.9 Å². The second-order valence-electron chi connectivity index (χ2n) is 4.30. The van der Waals surface area contributed by atoms with Crippen molar-refractivity contribution in [2.45, 2.75) is 24.5 Å². The predicted octanol–water partition coefficient (Wildman–Crippen LogP) is -3.51. The quantitative estimate of drug-likeness (QED) is 0.512. The molecule has 1 fully saturated rings. The molecule has 0 spiro atoms. The van der Waals surface area contributed by atoms with Gasteiger partial charge in [0.1, 0.15) is 18.3 Å². The first-order valence-corrected chi connectivity index (χ1v) is 5.63. The Kier molecular flexibility index (Phi) is 2.78. The number of nitrogens with zero attached hydrogens (tertiary/aromatic N) is 3. The first kappa shape index (κ1) is 12.7. The fourth-order valence-electron chi connectivity index (χ4n) is 2.13. The minimum atomic E-state index is -1.67. The highest BCUT2D eigenvalue weighted by Gasteiger charge is 2.45. The van der Waals surface area contributed by atoms with Gasteiger partial charge in [-0.3, -0.25) is 9.36 Å². The van der Waals surface area contributed by atoms with Crippen molar-refractivity contribution in [1.29, 1.82) is 0 Å². The zero-order valence-electron chi connectivity index (χ0n) is 9.83. The zero-order valence-corrected chi connectivity index (χ0v) is 9.83. The minimum absolute atomic E-state index is 0.00897. The highest BCUT2D eigenvalue weighted by molar-refractivity contribution is 5.72. The lowest BCUT2D eigenvalue weighted by atomic mass is 10.1. The van der Waals surface area contributed by atoms with Crippen LogP contribution in [0.4, 0.5) is 0 Å². The highest BCUT2D eigenvalue weighted by atomic mass is 16.6. The molecule has 20 heavy (non-hydrogen) atoms. The van der Waals surface area contributed by atoms with E-state index in [1.54, 1.807) is 0 Å². The number of carboxylic acid groups (broad SMARTS) is 1. The van der Waals surface area contributed by atoms with Crippen molar-refractivity contribution in [3.8, 4) is 0 Å². The number of hydrogen-bond donors (Lipinski definition) is 3. The lowest BCUT2D eigenvalue weighted by Gasteiger charge is -2.16. The van der Waals surface area contributed by atoms with E-state index in [0.717, 1.165) is 6.33 Å². The molecule has 10 heteroatoms. The summed E-state index contributed by atoms with van der Waals surface area (Å²) in [6, 6.07) is 0. The summed E-state index contributed by atoms with van der Waals surface area (Å²) in [5.41, 5.74) is -0.378. The van der Waals surface area contributed by atoms with Crippen LogP contribution in [0, 0.1) is 0 Å². The van der Waals surface area contributed by atoms with Crippen molar-refractivity contribution >= 4 is 17.1 Å². The topological polar surface area (TPSA) is 153 Å². The smallest absolute Gasteiger partial charge is 0.278 e. The lowest BCUT2D eigenvalue weighted by Crippen LogP contribution is -2.43. The fourth-order valence-corrected chi connectivity index (χ4v) is 2.13. The number of carbonyl (C=O) groups is 1. The number of aliphatic hydroxyl groups is 2. The Balaban J connectivity index is 2.06. The Morgan fingerprint density at radius 3 is 2.80 bits per heavy atom. The van der Waals surface area contributed by atoms with E-state index in [-0.39, 0.29) is 11.2 Å².